The summed E-state index contributed by atoms with van der Waals surface area (Å²) in [7, 11) is -2.43. The Morgan fingerprint density at radius 3 is 2.48 bits per heavy atom. The molecule has 6 nitrogen and oxygen atoms in total. The van der Waals surface area contributed by atoms with Crippen LogP contribution in [0.1, 0.15) is 20.8 Å². The molecule has 0 aliphatic rings. The maximum Gasteiger partial charge on any atom is 0.235 e. The molecule has 0 spiro atoms. The van der Waals surface area contributed by atoms with Gasteiger partial charge >= 0.3 is 0 Å². The summed E-state index contributed by atoms with van der Waals surface area (Å²) in [4.78, 5) is 11.8. The second-order valence-electron chi connectivity index (χ2n) is 5.27. The van der Waals surface area contributed by atoms with E-state index in [4.69, 9.17) is 10.5 Å². The average molecular weight is 314 g/mol. The third-order valence-electron chi connectivity index (χ3n) is 3.23. The van der Waals surface area contributed by atoms with Crippen LogP contribution in [0.2, 0.25) is 0 Å². The minimum atomic E-state index is -3.78. The van der Waals surface area contributed by atoms with Gasteiger partial charge in [-0.2, -0.15) is 0 Å². The molecule has 0 heterocycles. The van der Waals surface area contributed by atoms with Gasteiger partial charge in [-0.1, -0.05) is 13.8 Å². The summed E-state index contributed by atoms with van der Waals surface area (Å²) in [6.07, 6.45) is 0. The van der Waals surface area contributed by atoms with Gasteiger partial charge in [0.2, 0.25) is 5.91 Å². The third-order valence-corrected chi connectivity index (χ3v) is 4.88. The Labute approximate surface area is 125 Å². The molecule has 0 radical (unpaired) electrons. The molecule has 0 aromatic heterocycles. The lowest BCUT2D eigenvalue weighted by Gasteiger charge is -2.17. The molecule has 1 aromatic rings. The summed E-state index contributed by atoms with van der Waals surface area (Å²) < 4.78 is 29.6. The van der Waals surface area contributed by atoms with Crippen molar-refractivity contribution in [1.82, 2.24) is 5.32 Å². The number of nitrogens with one attached hydrogen (secondary N) is 1. The van der Waals surface area contributed by atoms with Gasteiger partial charge in [-0.25, -0.2) is 8.42 Å². The number of sulfone groups is 1. The van der Waals surface area contributed by atoms with E-state index in [1.165, 1.54) is 25.3 Å². The summed E-state index contributed by atoms with van der Waals surface area (Å²) in [5.41, 5.74) is 5.98. The molecule has 1 aromatic carbocycles. The number of rotatable bonds is 6. The maximum absolute atomic E-state index is 12.3. The number of benzene rings is 1. The quantitative estimate of drug-likeness (QED) is 0.769. The van der Waals surface area contributed by atoms with Crippen LogP contribution in [0.25, 0.3) is 0 Å². The number of hydrogen-bond donors (Lipinski definition) is 2. The fraction of sp³-hybridized carbons (Fsp3) is 0.500. The minimum Gasteiger partial charge on any atom is -0.495 e. The van der Waals surface area contributed by atoms with Crippen molar-refractivity contribution in [2.45, 2.75) is 31.7 Å². The molecule has 118 valence electrons. The highest BCUT2D eigenvalue weighted by Crippen LogP contribution is 2.26. The smallest absolute Gasteiger partial charge is 0.235 e. The Morgan fingerprint density at radius 1 is 1.33 bits per heavy atom. The second kappa shape index (κ2) is 6.80. The van der Waals surface area contributed by atoms with Crippen LogP contribution in [-0.4, -0.2) is 33.2 Å². The molecular weight excluding hydrogens is 292 g/mol. The molecule has 1 amide bonds. The largest absolute Gasteiger partial charge is 0.495 e. The molecule has 0 aliphatic heterocycles. The van der Waals surface area contributed by atoms with E-state index in [2.05, 4.69) is 5.32 Å². The number of ether oxygens (including phenoxy) is 1. The van der Waals surface area contributed by atoms with Gasteiger partial charge in [0.15, 0.2) is 9.84 Å². The van der Waals surface area contributed by atoms with E-state index in [1.807, 2.05) is 20.8 Å². The zero-order valence-electron chi connectivity index (χ0n) is 12.7. The van der Waals surface area contributed by atoms with Crippen molar-refractivity contribution in [1.29, 1.82) is 0 Å². The standard InChI is InChI=1S/C14H22N2O4S/c1-9(2)10(3)16-14(17)8-21(18,19)13-6-5-11(15)7-12(13)20-4/h5-7,9-10H,8,15H2,1-4H3,(H,16,17). The van der Waals surface area contributed by atoms with E-state index in [0.717, 1.165) is 0 Å². The van der Waals surface area contributed by atoms with Crippen LogP contribution >= 0.6 is 0 Å². The zero-order chi connectivity index (χ0) is 16.2. The fourth-order valence-corrected chi connectivity index (χ4v) is 2.96. The normalized spacial score (nSPS) is 13.0. The van der Waals surface area contributed by atoms with Gasteiger partial charge in [-0.15, -0.1) is 0 Å². The van der Waals surface area contributed by atoms with E-state index in [1.54, 1.807) is 0 Å². The number of anilines is 1. The number of amides is 1. The van der Waals surface area contributed by atoms with Crippen molar-refractivity contribution in [2.75, 3.05) is 18.6 Å². The van der Waals surface area contributed by atoms with Crippen LogP contribution in [0.4, 0.5) is 5.69 Å². The molecule has 0 fully saturated rings. The van der Waals surface area contributed by atoms with Crippen molar-refractivity contribution in [2.24, 2.45) is 5.92 Å². The Balaban J connectivity index is 2.94. The second-order valence-corrected chi connectivity index (χ2v) is 7.23. The van der Waals surface area contributed by atoms with E-state index in [-0.39, 0.29) is 22.6 Å². The molecule has 7 heteroatoms. The molecule has 1 unspecified atom stereocenters. The van der Waals surface area contributed by atoms with Crippen molar-refractivity contribution in [3.63, 3.8) is 0 Å². The minimum absolute atomic E-state index is 0.0356. The van der Waals surface area contributed by atoms with E-state index in [0.29, 0.717) is 5.69 Å². The summed E-state index contributed by atoms with van der Waals surface area (Å²) in [6.45, 7) is 5.73. The molecule has 0 aliphatic carbocycles. The first-order valence-electron chi connectivity index (χ1n) is 6.63. The molecule has 1 rings (SSSR count). The SMILES string of the molecule is COc1cc(N)ccc1S(=O)(=O)CC(=O)NC(C)C(C)C. The Bertz CT molecular complexity index is 611. The van der Waals surface area contributed by atoms with Gasteiger partial charge in [-0.05, 0) is 25.0 Å². The molecule has 0 saturated heterocycles. The Hall–Kier alpha value is -1.76. The van der Waals surface area contributed by atoms with Gasteiger partial charge in [-0.3, -0.25) is 4.79 Å². The lowest BCUT2D eigenvalue weighted by molar-refractivity contribution is -0.119. The van der Waals surface area contributed by atoms with Crippen LogP contribution in [0.5, 0.6) is 5.75 Å². The molecule has 1 atom stereocenters. The Morgan fingerprint density at radius 2 is 1.95 bits per heavy atom. The van der Waals surface area contributed by atoms with Crippen LogP contribution in [0.3, 0.4) is 0 Å². The van der Waals surface area contributed by atoms with Gasteiger partial charge < -0.3 is 15.8 Å². The predicted octanol–water partition coefficient (Wildman–Crippen LogP) is 1.21. The predicted molar refractivity (Wildman–Crippen MR) is 81.9 cm³/mol. The number of methoxy groups -OCH3 is 1. The Kier molecular flexibility index (Phi) is 5.60. The number of nitrogen functional groups attached to an aromatic ring is 1. The highest BCUT2D eigenvalue weighted by molar-refractivity contribution is 7.92. The summed E-state index contributed by atoms with van der Waals surface area (Å²) >= 11 is 0. The summed E-state index contributed by atoms with van der Waals surface area (Å²) in [5, 5.41) is 2.67. The van der Waals surface area contributed by atoms with Crippen molar-refractivity contribution < 1.29 is 17.9 Å². The van der Waals surface area contributed by atoms with Crippen molar-refractivity contribution >= 4 is 21.4 Å². The molecule has 3 N–H and O–H groups in total. The lowest BCUT2D eigenvalue weighted by Crippen LogP contribution is -2.39. The first-order valence-corrected chi connectivity index (χ1v) is 8.28. The monoisotopic (exact) mass is 314 g/mol. The zero-order valence-corrected chi connectivity index (χ0v) is 13.5. The van der Waals surface area contributed by atoms with Gasteiger partial charge in [0.1, 0.15) is 16.4 Å². The van der Waals surface area contributed by atoms with E-state index in [9.17, 15) is 13.2 Å². The number of hydrogen-bond acceptors (Lipinski definition) is 5. The van der Waals surface area contributed by atoms with Gasteiger partial charge in [0.25, 0.3) is 0 Å². The lowest BCUT2D eigenvalue weighted by atomic mass is 10.1. The van der Waals surface area contributed by atoms with Crippen molar-refractivity contribution in [3.05, 3.63) is 18.2 Å². The molecule has 0 saturated carbocycles. The third kappa shape index (κ3) is 4.63. The molecule has 0 bridgehead atoms. The van der Waals surface area contributed by atoms with Crippen molar-refractivity contribution in [3.8, 4) is 5.75 Å². The van der Waals surface area contributed by atoms with Crippen LogP contribution in [0.15, 0.2) is 23.1 Å². The van der Waals surface area contributed by atoms with Crippen LogP contribution in [0, 0.1) is 5.92 Å². The van der Waals surface area contributed by atoms with E-state index >= 15 is 0 Å². The average Bonchev–Trinajstić information content (AvgIpc) is 2.36. The molecular formula is C14H22N2O4S. The summed E-state index contributed by atoms with van der Waals surface area (Å²) in [6, 6.07) is 4.13. The maximum atomic E-state index is 12.3. The van der Waals surface area contributed by atoms with Gasteiger partial charge in [0.05, 0.1) is 7.11 Å². The summed E-state index contributed by atoms with van der Waals surface area (Å²) in [5.74, 6) is -0.790. The highest BCUT2D eigenvalue weighted by atomic mass is 32.2. The number of carbonyl (C=O) groups excluding carboxylic acids is 1. The highest BCUT2D eigenvalue weighted by Gasteiger charge is 2.24. The first kappa shape index (κ1) is 17.3. The fourth-order valence-electron chi connectivity index (χ4n) is 1.65. The molecule has 21 heavy (non-hydrogen) atoms. The number of nitrogens with two attached hydrogens (primary N) is 1. The number of carbonyl (C=O) groups is 1. The van der Waals surface area contributed by atoms with Crippen LogP contribution < -0.4 is 15.8 Å². The van der Waals surface area contributed by atoms with E-state index < -0.39 is 21.5 Å². The van der Waals surface area contributed by atoms with Crippen LogP contribution in [-0.2, 0) is 14.6 Å². The topological polar surface area (TPSA) is 98.5 Å². The van der Waals surface area contributed by atoms with Gasteiger partial charge in [0, 0.05) is 17.8 Å². The first-order chi connectivity index (χ1) is 9.67.